The summed E-state index contributed by atoms with van der Waals surface area (Å²) < 4.78 is 0. The van der Waals surface area contributed by atoms with Crippen molar-refractivity contribution in [2.75, 3.05) is 39.6 Å². The van der Waals surface area contributed by atoms with Crippen LogP contribution in [-0.4, -0.2) is 45.2 Å². The fourth-order valence-electron chi connectivity index (χ4n) is 3.22. The van der Waals surface area contributed by atoms with E-state index in [1.165, 1.54) is 30.5 Å². The van der Waals surface area contributed by atoms with Crippen LogP contribution in [0.1, 0.15) is 37.8 Å². The highest BCUT2D eigenvalue weighted by Crippen LogP contribution is 2.38. The maximum absolute atomic E-state index is 3.35. The number of likely N-dealkylation sites (N-methyl/N-ethyl adjacent to an activating group) is 2. The van der Waals surface area contributed by atoms with Crippen molar-refractivity contribution in [1.29, 1.82) is 0 Å². The van der Waals surface area contributed by atoms with E-state index < -0.39 is 0 Å². The standard InChI is InChI=1S/C17H29N3/c1-14(18-2)15-9-6-7-10-16(15)20(5)13-17(19(3)4)11-8-12-17/h6-7,9-10,14,18H,8,11-13H2,1-5H3. The summed E-state index contributed by atoms with van der Waals surface area (Å²) >= 11 is 0. The highest BCUT2D eigenvalue weighted by atomic mass is 15.2. The molecule has 20 heavy (non-hydrogen) atoms. The minimum absolute atomic E-state index is 0.366. The molecular formula is C17H29N3. The molecule has 1 unspecified atom stereocenters. The number of hydrogen-bond donors (Lipinski definition) is 1. The van der Waals surface area contributed by atoms with Crippen LogP contribution < -0.4 is 10.2 Å². The smallest absolute Gasteiger partial charge is 0.0412 e. The first-order valence-electron chi connectivity index (χ1n) is 7.65. The highest BCUT2D eigenvalue weighted by molar-refractivity contribution is 5.54. The lowest BCUT2D eigenvalue weighted by Crippen LogP contribution is -2.56. The zero-order chi connectivity index (χ0) is 14.8. The van der Waals surface area contributed by atoms with Crippen molar-refractivity contribution >= 4 is 5.69 Å². The summed E-state index contributed by atoms with van der Waals surface area (Å²) in [7, 11) is 8.68. The number of nitrogens with zero attached hydrogens (tertiary/aromatic N) is 2. The van der Waals surface area contributed by atoms with Crippen LogP contribution in [0.5, 0.6) is 0 Å². The van der Waals surface area contributed by atoms with Crippen LogP contribution in [0.3, 0.4) is 0 Å². The monoisotopic (exact) mass is 275 g/mol. The van der Waals surface area contributed by atoms with Crippen molar-refractivity contribution in [1.82, 2.24) is 10.2 Å². The molecule has 112 valence electrons. The van der Waals surface area contributed by atoms with E-state index in [-0.39, 0.29) is 0 Å². The van der Waals surface area contributed by atoms with Gasteiger partial charge in [-0.15, -0.1) is 0 Å². The second-order valence-electron chi connectivity index (χ2n) is 6.40. The zero-order valence-electron chi connectivity index (χ0n) is 13.6. The van der Waals surface area contributed by atoms with Gasteiger partial charge in [0.25, 0.3) is 0 Å². The Morgan fingerprint density at radius 1 is 1.20 bits per heavy atom. The van der Waals surface area contributed by atoms with E-state index in [1.54, 1.807) is 0 Å². The molecule has 0 aliphatic heterocycles. The van der Waals surface area contributed by atoms with Gasteiger partial charge in [0.05, 0.1) is 0 Å². The fourth-order valence-corrected chi connectivity index (χ4v) is 3.22. The summed E-state index contributed by atoms with van der Waals surface area (Å²) in [6, 6.07) is 9.12. The van der Waals surface area contributed by atoms with Crippen molar-refractivity contribution in [2.45, 2.75) is 37.8 Å². The molecule has 0 bridgehead atoms. The van der Waals surface area contributed by atoms with Gasteiger partial charge in [-0.2, -0.15) is 0 Å². The highest BCUT2D eigenvalue weighted by Gasteiger charge is 2.40. The Kier molecular flexibility index (Phi) is 4.71. The first-order chi connectivity index (χ1) is 9.50. The minimum Gasteiger partial charge on any atom is -0.372 e. The average Bonchev–Trinajstić information content (AvgIpc) is 2.41. The summed E-state index contributed by atoms with van der Waals surface area (Å²) in [4.78, 5) is 4.85. The quantitative estimate of drug-likeness (QED) is 0.861. The van der Waals surface area contributed by atoms with E-state index in [2.05, 4.69) is 67.4 Å². The molecule has 1 aliphatic rings. The third kappa shape index (κ3) is 2.84. The van der Waals surface area contributed by atoms with Gasteiger partial charge < -0.3 is 15.1 Å². The van der Waals surface area contributed by atoms with Gasteiger partial charge in [-0.1, -0.05) is 18.2 Å². The molecule has 3 heteroatoms. The molecule has 0 aromatic heterocycles. The SMILES string of the molecule is CNC(C)c1ccccc1N(C)CC1(N(C)C)CCC1. The third-order valence-corrected chi connectivity index (χ3v) is 5.01. The topological polar surface area (TPSA) is 18.5 Å². The molecule has 1 aliphatic carbocycles. The van der Waals surface area contributed by atoms with E-state index in [9.17, 15) is 0 Å². The van der Waals surface area contributed by atoms with Crippen LogP contribution in [0, 0.1) is 0 Å². The molecule has 2 rings (SSSR count). The lowest BCUT2D eigenvalue weighted by atomic mass is 9.75. The summed E-state index contributed by atoms with van der Waals surface area (Å²) in [5.41, 5.74) is 3.10. The van der Waals surface area contributed by atoms with E-state index >= 15 is 0 Å². The molecule has 0 spiro atoms. The fraction of sp³-hybridized carbons (Fsp3) is 0.647. The molecule has 1 N–H and O–H groups in total. The number of anilines is 1. The molecular weight excluding hydrogens is 246 g/mol. The summed E-state index contributed by atoms with van der Waals surface area (Å²) in [5, 5.41) is 3.35. The molecule has 1 aromatic rings. The van der Waals surface area contributed by atoms with Gasteiger partial charge in [-0.25, -0.2) is 0 Å². The molecule has 1 aromatic carbocycles. The lowest BCUT2D eigenvalue weighted by molar-refractivity contribution is 0.0683. The summed E-state index contributed by atoms with van der Waals surface area (Å²) in [6.45, 7) is 3.32. The maximum Gasteiger partial charge on any atom is 0.0412 e. The summed E-state index contributed by atoms with van der Waals surface area (Å²) in [6.07, 6.45) is 3.99. The molecule has 3 nitrogen and oxygen atoms in total. The van der Waals surface area contributed by atoms with Crippen LogP contribution >= 0.6 is 0 Å². The van der Waals surface area contributed by atoms with Gasteiger partial charge in [0.15, 0.2) is 0 Å². The van der Waals surface area contributed by atoms with Crippen molar-refractivity contribution in [3.63, 3.8) is 0 Å². The predicted octanol–water partition coefficient (Wildman–Crippen LogP) is 2.89. The minimum atomic E-state index is 0.366. The largest absolute Gasteiger partial charge is 0.372 e. The number of nitrogens with one attached hydrogen (secondary N) is 1. The van der Waals surface area contributed by atoms with Gasteiger partial charge in [0.1, 0.15) is 0 Å². The zero-order valence-corrected chi connectivity index (χ0v) is 13.6. The third-order valence-electron chi connectivity index (χ3n) is 5.01. The number of para-hydroxylation sites is 1. The number of hydrogen-bond acceptors (Lipinski definition) is 3. The number of benzene rings is 1. The first kappa shape index (κ1) is 15.3. The van der Waals surface area contributed by atoms with Crippen molar-refractivity contribution in [3.8, 4) is 0 Å². The Bertz CT molecular complexity index is 438. The molecule has 0 radical (unpaired) electrons. The van der Waals surface area contributed by atoms with E-state index in [0.29, 0.717) is 11.6 Å². The van der Waals surface area contributed by atoms with Crippen LogP contribution in [0.2, 0.25) is 0 Å². The van der Waals surface area contributed by atoms with Gasteiger partial charge in [0.2, 0.25) is 0 Å². The van der Waals surface area contributed by atoms with Gasteiger partial charge >= 0.3 is 0 Å². The molecule has 1 saturated carbocycles. The van der Waals surface area contributed by atoms with Gasteiger partial charge in [-0.05, 0) is 59.0 Å². The van der Waals surface area contributed by atoms with E-state index in [1.807, 2.05) is 7.05 Å². The average molecular weight is 275 g/mol. The molecule has 0 amide bonds. The van der Waals surface area contributed by atoms with Crippen molar-refractivity contribution in [2.24, 2.45) is 0 Å². The predicted molar refractivity (Wildman–Crippen MR) is 87.5 cm³/mol. The number of rotatable bonds is 6. The van der Waals surface area contributed by atoms with Crippen molar-refractivity contribution < 1.29 is 0 Å². The van der Waals surface area contributed by atoms with Crippen LogP contribution in [0.4, 0.5) is 5.69 Å². The Balaban J connectivity index is 2.19. The van der Waals surface area contributed by atoms with Crippen LogP contribution in [-0.2, 0) is 0 Å². The summed E-state index contributed by atoms with van der Waals surface area (Å²) in [5.74, 6) is 0. The molecule has 1 atom stereocenters. The molecule has 0 heterocycles. The Hall–Kier alpha value is -1.06. The van der Waals surface area contributed by atoms with Gasteiger partial charge in [0, 0.05) is 30.9 Å². The Morgan fingerprint density at radius 2 is 1.85 bits per heavy atom. The second kappa shape index (κ2) is 6.15. The molecule has 1 fully saturated rings. The van der Waals surface area contributed by atoms with Crippen LogP contribution in [0.25, 0.3) is 0 Å². The van der Waals surface area contributed by atoms with E-state index in [0.717, 1.165) is 6.54 Å². The lowest BCUT2D eigenvalue weighted by Gasteiger charge is -2.49. The first-order valence-corrected chi connectivity index (χ1v) is 7.65. The maximum atomic E-state index is 3.35. The van der Waals surface area contributed by atoms with E-state index in [4.69, 9.17) is 0 Å². The van der Waals surface area contributed by atoms with Crippen molar-refractivity contribution in [3.05, 3.63) is 29.8 Å². The Labute approximate surface area is 124 Å². The van der Waals surface area contributed by atoms with Crippen LogP contribution in [0.15, 0.2) is 24.3 Å². The molecule has 0 saturated heterocycles. The normalized spacial score (nSPS) is 18.7. The second-order valence-corrected chi connectivity index (χ2v) is 6.40. The van der Waals surface area contributed by atoms with Gasteiger partial charge in [-0.3, -0.25) is 0 Å². The Morgan fingerprint density at radius 3 is 2.35 bits per heavy atom.